The molecule has 9 rings (SSSR count). The Bertz CT molecular complexity index is 3010. The first-order valence-electron chi connectivity index (χ1n) is 31.4. The highest BCUT2D eigenvalue weighted by atomic mass is 16.5. The summed E-state index contributed by atoms with van der Waals surface area (Å²) in [4.78, 5) is 31.4. The van der Waals surface area contributed by atoms with E-state index in [4.69, 9.17) is 18.9 Å². The van der Waals surface area contributed by atoms with Gasteiger partial charge in [0.15, 0.2) is 0 Å². The van der Waals surface area contributed by atoms with Gasteiger partial charge in [0.25, 0.3) is 11.8 Å². The second-order valence-electron chi connectivity index (χ2n) is 28.3. The number of benzene rings is 6. The first kappa shape index (κ1) is 63.8. The molecule has 6 aromatic carbocycles. The lowest BCUT2D eigenvalue weighted by molar-refractivity contribution is 0.0373. The van der Waals surface area contributed by atoms with Crippen molar-refractivity contribution < 1.29 is 38.7 Å². The average Bonchev–Trinajstić information content (AvgIpc) is 1.42. The highest BCUT2D eigenvalue weighted by Gasteiger charge is 2.29. The number of nitrogens with zero attached hydrogens (tertiary/aromatic N) is 2. The highest BCUT2D eigenvalue weighted by Crippen LogP contribution is 2.44. The zero-order chi connectivity index (χ0) is 61.6. The van der Waals surface area contributed by atoms with E-state index in [1.165, 1.54) is 0 Å². The molecule has 0 aromatic heterocycles. The van der Waals surface area contributed by atoms with E-state index in [9.17, 15) is 19.8 Å². The van der Waals surface area contributed by atoms with Crippen molar-refractivity contribution >= 4 is 11.8 Å². The van der Waals surface area contributed by atoms with Crippen molar-refractivity contribution in [2.24, 2.45) is 0 Å². The summed E-state index contributed by atoms with van der Waals surface area (Å²) < 4.78 is 25.2. The standard InChI is InChI=1S/C74H96N4O8/c1-71(2,3)61-39-53-35-57-43-63(73(7,8)9)45-59(67(57)85-47-49-15-19-51(20-16-49)69(81)75-23-13-25-77-27-31-83-32-28-77)37-55-41-62(72(4,5)6)42-56(66(55)80)38-60-46-64(74(10,11)12)44-58(36-54(40-61)65(53)79)68(60)86-48-50-17-21-52(22-18-50)70(82)76-24-14-26-78-29-33-84-34-30-78/h15-22,39-46,79-80H,13-14,23-38,47-48H2,1-12H3,(H,75,81)(H,76,82). The van der Waals surface area contributed by atoms with Crippen LogP contribution in [-0.4, -0.2) is 111 Å². The second-order valence-corrected chi connectivity index (χ2v) is 28.3. The number of phenolic OH excluding ortho intramolecular Hbond substituents is 2. The maximum Gasteiger partial charge on any atom is 0.251 e. The van der Waals surface area contributed by atoms with Crippen LogP contribution in [0, 0.1) is 0 Å². The quantitative estimate of drug-likeness (QED) is 0.0691. The Balaban J connectivity index is 1.10. The number of aromatic hydroxyl groups is 2. The Morgan fingerprint density at radius 2 is 0.698 bits per heavy atom. The molecule has 2 aliphatic heterocycles. The number of morpholine rings is 2. The number of amides is 2. The molecule has 0 unspecified atom stereocenters. The zero-order valence-electron chi connectivity index (χ0n) is 53.6. The Kier molecular flexibility index (Phi) is 20.1. The van der Waals surface area contributed by atoms with Gasteiger partial charge >= 0.3 is 0 Å². The number of fused-ring (bicyclic) bond motifs is 8. The number of hydrogen-bond acceptors (Lipinski definition) is 10. The molecular formula is C74H96N4O8. The van der Waals surface area contributed by atoms with Gasteiger partial charge in [-0.2, -0.15) is 0 Å². The van der Waals surface area contributed by atoms with Crippen molar-refractivity contribution in [1.29, 1.82) is 0 Å². The van der Waals surface area contributed by atoms with E-state index in [0.717, 1.165) is 156 Å². The summed E-state index contributed by atoms with van der Waals surface area (Å²) in [6, 6.07) is 32.9. The number of nitrogens with one attached hydrogen (secondary N) is 2. The largest absolute Gasteiger partial charge is 0.507 e. The maximum absolute atomic E-state index is 13.3. The lowest BCUT2D eigenvalue weighted by Gasteiger charge is -2.28. The molecule has 2 amide bonds. The molecule has 8 bridgehead atoms. The molecule has 460 valence electrons. The second kappa shape index (κ2) is 27.1. The fraction of sp³-hybridized carbons (Fsp3) is 0.486. The van der Waals surface area contributed by atoms with Gasteiger partial charge < -0.3 is 39.8 Å². The number of carbonyl (C=O) groups is 2. The molecule has 0 saturated carbocycles. The third-order valence-electron chi connectivity index (χ3n) is 17.3. The average molecular weight is 1170 g/mol. The predicted octanol–water partition coefficient (Wildman–Crippen LogP) is 13.0. The Morgan fingerprint density at radius 3 is 0.965 bits per heavy atom. The van der Waals surface area contributed by atoms with E-state index in [2.05, 4.69) is 152 Å². The minimum absolute atomic E-state index is 0.101. The molecule has 86 heavy (non-hydrogen) atoms. The molecule has 1 aliphatic carbocycles. The van der Waals surface area contributed by atoms with Gasteiger partial charge in [-0.1, -0.05) is 156 Å². The van der Waals surface area contributed by atoms with E-state index < -0.39 is 0 Å². The molecule has 2 heterocycles. The fourth-order valence-corrected chi connectivity index (χ4v) is 11.7. The zero-order valence-corrected chi connectivity index (χ0v) is 53.6. The molecule has 12 heteroatoms. The molecule has 6 aromatic rings. The number of phenols is 2. The van der Waals surface area contributed by atoms with Crippen LogP contribution in [-0.2, 0) is 70.0 Å². The van der Waals surface area contributed by atoms with Crippen molar-refractivity contribution in [1.82, 2.24) is 20.4 Å². The Hall–Kier alpha value is -6.70. The molecule has 3 aliphatic rings. The topological polar surface area (TPSA) is 142 Å². The van der Waals surface area contributed by atoms with Crippen LogP contribution >= 0.6 is 0 Å². The summed E-state index contributed by atoms with van der Waals surface area (Å²) in [5, 5.41) is 32.0. The van der Waals surface area contributed by atoms with Crippen LogP contribution in [0.1, 0.15) is 195 Å². The van der Waals surface area contributed by atoms with Gasteiger partial charge in [-0.05, 0) is 150 Å². The maximum atomic E-state index is 13.3. The first-order chi connectivity index (χ1) is 40.8. The SMILES string of the molecule is CC(C)(C)c1cc2c(O)c(c1)Cc1cc(C(C)(C)C)cc(c1OCc1ccc(C(=O)NCCCN3CCOCC3)cc1)Cc1cc(C(C)(C)C)cc(c1O)Cc1cc(C(C)(C)C)cc(c1OCc1ccc(C(=O)NCCCN3CCOCC3)cc1)C2. The van der Waals surface area contributed by atoms with E-state index in [1.807, 2.05) is 48.5 Å². The lowest BCUT2D eigenvalue weighted by Crippen LogP contribution is -2.38. The van der Waals surface area contributed by atoms with Crippen molar-refractivity contribution in [3.8, 4) is 23.0 Å². The van der Waals surface area contributed by atoms with Gasteiger partial charge in [-0.15, -0.1) is 0 Å². The molecule has 2 fully saturated rings. The number of rotatable bonds is 16. The highest BCUT2D eigenvalue weighted by molar-refractivity contribution is 5.94. The van der Waals surface area contributed by atoms with Crippen molar-refractivity contribution in [3.05, 3.63) is 186 Å². The van der Waals surface area contributed by atoms with Crippen LogP contribution < -0.4 is 20.1 Å². The number of ether oxygens (including phenoxy) is 4. The minimum Gasteiger partial charge on any atom is -0.507 e. The third-order valence-corrected chi connectivity index (χ3v) is 17.3. The Morgan fingerprint density at radius 1 is 0.430 bits per heavy atom. The van der Waals surface area contributed by atoms with Gasteiger partial charge in [0.05, 0.1) is 26.4 Å². The van der Waals surface area contributed by atoms with Crippen molar-refractivity contribution in [2.45, 2.75) is 156 Å². The monoisotopic (exact) mass is 1170 g/mol. The van der Waals surface area contributed by atoms with Crippen LogP contribution in [0.25, 0.3) is 0 Å². The molecule has 2 saturated heterocycles. The van der Waals surface area contributed by atoms with E-state index in [0.29, 0.717) is 61.4 Å². The summed E-state index contributed by atoms with van der Waals surface area (Å²) in [6.07, 6.45) is 3.23. The van der Waals surface area contributed by atoms with Gasteiger partial charge in [0.2, 0.25) is 0 Å². The molecular weight excluding hydrogens is 1070 g/mol. The molecule has 0 radical (unpaired) electrons. The summed E-state index contributed by atoms with van der Waals surface area (Å²) in [6.45, 7) is 36.9. The number of carbonyl (C=O) groups excluding carboxylic acids is 2. The van der Waals surface area contributed by atoms with Gasteiger partial charge in [-0.3, -0.25) is 19.4 Å². The summed E-state index contributed by atoms with van der Waals surface area (Å²) in [5.74, 6) is 1.68. The molecule has 0 atom stereocenters. The van der Waals surface area contributed by atoms with Crippen molar-refractivity contribution in [3.63, 3.8) is 0 Å². The van der Waals surface area contributed by atoms with Gasteiger partial charge in [0, 0.05) is 76.1 Å². The van der Waals surface area contributed by atoms with Crippen LogP contribution in [0.15, 0.2) is 97.1 Å². The van der Waals surface area contributed by atoms with Crippen LogP contribution in [0.3, 0.4) is 0 Å². The van der Waals surface area contributed by atoms with Crippen LogP contribution in [0.2, 0.25) is 0 Å². The summed E-state index contributed by atoms with van der Waals surface area (Å²) >= 11 is 0. The van der Waals surface area contributed by atoms with Gasteiger partial charge in [0.1, 0.15) is 36.2 Å². The molecule has 12 nitrogen and oxygen atoms in total. The smallest absolute Gasteiger partial charge is 0.251 e. The van der Waals surface area contributed by atoms with Crippen LogP contribution in [0.5, 0.6) is 23.0 Å². The van der Waals surface area contributed by atoms with E-state index in [-0.39, 0.29) is 58.2 Å². The summed E-state index contributed by atoms with van der Waals surface area (Å²) in [7, 11) is 0. The number of hydrogen-bond donors (Lipinski definition) is 4. The molecule has 0 spiro atoms. The first-order valence-corrected chi connectivity index (χ1v) is 31.4. The Labute approximate surface area is 513 Å². The van der Waals surface area contributed by atoms with Gasteiger partial charge in [-0.25, -0.2) is 0 Å². The van der Waals surface area contributed by atoms with Crippen LogP contribution in [0.4, 0.5) is 0 Å². The van der Waals surface area contributed by atoms with E-state index in [1.54, 1.807) is 0 Å². The fourth-order valence-electron chi connectivity index (χ4n) is 11.7. The van der Waals surface area contributed by atoms with Crippen molar-refractivity contribution in [2.75, 3.05) is 78.8 Å². The predicted molar refractivity (Wildman–Crippen MR) is 345 cm³/mol. The minimum atomic E-state index is -0.267. The normalized spacial score (nSPS) is 15.5. The van der Waals surface area contributed by atoms with E-state index >= 15 is 0 Å². The summed E-state index contributed by atoms with van der Waals surface area (Å²) in [5.41, 5.74) is 13.3. The molecule has 4 N–H and O–H groups in total. The lowest BCUT2D eigenvalue weighted by atomic mass is 9.79. The third kappa shape index (κ3) is 16.5.